The van der Waals surface area contributed by atoms with Gasteiger partial charge >= 0.3 is 0 Å². The van der Waals surface area contributed by atoms with Crippen LogP contribution in [-0.2, 0) is 19.6 Å². The van der Waals surface area contributed by atoms with Gasteiger partial charge in [-0.05, 0) is 12.1 Å². The summed E-state index contributed by atoms with van der Waals surface area (Å²) in [5.41, 5.74) is 0.390. The van der Waals surface area contributed by atoms with Crippen LogP contribution in [0.5, 0.6) is 0 Å². The van der Waals surface area contributed by atoms with Crippen LogP contribution in [0.2, 0.25) is 5.02 Å². The van der Waals surface area contributed by atoms with Gasteiger partial charge in [0.25, 0.3) is 0 Å². The Hall–Kier alpha value is -1.31. The standard InChI is InChI=1S/C14H19ClN2O4S/c1-22(19,20)17(13-5-3-2-4-12(13)15)7-6-14(18)16-8-10-21-11-9-16/h2-5H,6-11H2,1H3. The van der Waals surface area contributed by atoms with Crippen LogP contribution >= 0.6 is 11.6 Å². The van der Waals surface area contributed by atoms with Gasteiger partial charge in [-0.15, -0.1) is 0 Å². The Morgan fingerprint density at radius 1 is 1.32 bits per heavy atom. The van der Waals surface area contributed by atoms with E-state index in [0.717, 1.165) is 6.26 Å². The Balaban J connectivity index is 2.08. The molecule has 0 bridgehead atoms. The number of anilines is 1. The van der Waals surface area contributed by atoms with E-state index in [9.17, 15) is 13.2 Å². The maximum atomic E-state index is 12.2. The molecule has 0 radical (unpaired) electrons. The van der Waals surface area contributed by atoms with E-state index in [1.165, 1.54) is 4.31 Å². The third-order valence-corrected chi connectivity index (χ3v) is 4.91. The van der Waals surface area contributed by atoms with Crippen molar-refractivity contribution in [1.29, 1.82) is 0 Å². The van der Waals surface area contributed by atoms with Gasteiger partial charge in [-0.3, -0.25) is 9.10 Å². The number of sulfonamides is 1. The van der Waals surface area contributed by atoms with Crippen LogP contribution in [0, 0.1) is 0 Å². The fourth-order valence-electron chi connectivity index (χ4n) is 2.29. The topological polar surface area (TPSA) is 66.9 Å². The molecule has 0 aromatic heterocycles. The van der Waals surface area contributed by atoms with E-state index in [2.05, 4.69) is 0 Å². The number of nitrogens with zero attached hydrogens (tertiary/aromatic N) is 2. The van der Waals surface area contributed by atoms with Gasteiger partial charge in [0.15, 0.2) is 0 Å². The molecule has 1 fully saturated rings. The average Bonchev–Trinajstić information content (AvgIpc) is 2.48. The van der Waals surface area contributed by atoms with Crippen LogP contribution in [0.3, 0.4) is 0 Å². The van der Waals surface area contributed by atoms with Gasteiger partial charge in [0.2, 0.25) is 15.9 Å². The molecular formula is C14H19ClN2O4S. The molecule has 0 aliphatic carbocycles. The summed E-state index contributed by atoms with van der Waals surface area (Å²) < 4.78 is 30.4. The van der Waals surface area contributed by atoms with Crippen molar-refractivity contribution >= 4 is 33.2 Å². The van der Waals surface area contributed by atoms with E-state index < -0.39 is 10.0 Å². The van der Waals surface area contributed by atoms with E-state index in [1.54, 1.807) is 29.2 Å². The van der Waals surface area contributed by atoms with Crippen molar-refractivity contribution in [3.05, 3.63) is 29.3 Å². The normalized spacial score (nSPS) is 15.6. The third-order valence-electron chi connectivity index (χ3n) is 3.41. The zero-order valence-corrected chi connectivity index (χ0v) is 13.9. The molecular weight excluding hydrogens is 328 g/mol. The lowest BCUT2D eigenvalue weighted by molar-refractivity contribution is -0.134. The second-order valence-corrected chi connectivity index (χ2v) is 7.34. The molecule has 1 aliphatic heterocycles. The molecule has 22 heavy (non-hydrogen) atoms. The van der Waals surface area contributed by atoms with Crippen molar-refractivity contribution < 1.29 is 17.9 Å². The molecule has 8 heteroatoms. The van der Waals surface area contributed by atoms with Gasteiger partial charge in [0, 0.05) is 26.1 Å². The van der Waals surface area contributed by atoms with Gasteiger partial charge in [-0.2, -0.15) is 0 Å². The SMILES string of the molecule is CS(=O)(=O)N(CCC(=O)N1CCOCC1)c1ccccc1Cl. The number of halogens is 1. The number of morpholine rings is 1. The number of ether oxygens (including phenoxy) is 1. The highest BCUT2D eigenvalue weighted by Crippen LogP contribution is 2.27. The van der Waals surface area contributed by atoms with Crippen LogP contribution < -0.4 is 4.31 Å². The van der Waals surface area contributed by atoms with E-state index in [4.69, 9.17) is 16.3 Å². The molecule has 122 valence electrons. The zero-order valence-electron chi connectivity index (χ0n) is 12.4. The summed E-state index contributed by atoms with van der Waals surface area (Å²) in [5.74, 6) is -0.0796. The summed E-state index contributed by atoms with van der Waals surface area (Å²) in [7, 11) is -3.51. The first-order valence-corrected chi connectivity index (χ1v) is 9.20. The summed E-state index contributed by atoms with van der Waals surface area (Å²) in [6, 6.07) is 6.69. The predicted octanol–water partition coefficient (Wildman–Crippen LogP) is 1.35. The van der Waals surface area contributed by atoms with Crippen molar-refractivity contribution in [2.45, 2.75) is 6.42 Å². The fourth-order valence-corrected chi connectivity index (χ4v) is 3.51. The van der Waals surface area contributed by atoms with Crippen LogP contribution in [0.25, 0.3) is 0 Å². The van der Waals surface area contributed by atoms with Crippen LogP contribution in [-0.4, -0.2) is 58.3 Å². The minimum Gasteiger partial charge on any atom is -0.378 e. The number of rotatable bonds is 5. The Kier molecular flexibility index (Phi) is 5.66. The summed E-state index contributed by atoms with van der Waals surface area (Å²) in [6.45, 7) is 2.20. The number of benzene rings is 1. The highest BCUT2D eigenvalue weighted by molar-refractivity contribution is 7.92. The summed E-state index contributed by atoms with van der Waals surface area (Å²) >= 11 is 6.07. The van der Waals surface area contributed by atoms with Crippen LogP contribution in [0.4, 0.5) is 5.69 Å². The van der Waals surface area contributed by atoms with Gasteiger partial charge in [-0.25, -0.2) is 8.42 Å². The molecule has 0 atom stereocenters. The number of amides is 1. The minimum atomic E-state index is -3.51. The molecule has 0 unspecified atom stereocenters. The predicted molar refractivity (Wildman–Crippen MR) is 85.7 cm³/mol. The Labute approximate surface area is 135 Å². The quantitative estimate of drug-likeness (QED) is 0.807. The molecule has 0 N–H and O–H groups in total. The van der Waals surface area contributed by atoms with E-state index >= 15 is 0 Å². The molecule has 0 spiro atoms. The van der Waals surface area contributed by atoms with E-state index in [1.807, 2.05) is 0 Å². The van der Waals surface area contributed by atoms with Crippen LogP contribution in [0.15, 0.2) is 24.3 Å². The van der Waals surface area contributed by atoms with Gasteiger partial charge in [-0.1, -0.05) is 23.7 Å². The molecule has 1 aliphatic rings. The van der Waals surface area contributed by atoms with Gasteiger partial charge < -0.3 is 9.64 Å². The van der Waals surface area contributed by atoms with Crippen molar-refractivity contribution in [3.63, 3.8) is 0 Å². The van der Waals surface area contributed by atoms with Crippen molar-refractivity contribution in [2.75, 3.05) is 43.4 Å². The second kappa shape index (κ2) is 7.30. The Morgan fingerprint density at radius 2 is 1.95 bits per heavy atom. The molecule has 1 aromatic carbocycles. The number of carbonyl (C=O) groups excluding carboxylic acids is 1. The molecule has 1 aromatic rings. The lowest BCUT2D eigenvalue weighted by Gasteiger charge is -2.28. The Morgan fingerprint density at radius 3 is 2.55 bits per heavy atom. The summed E-state index contributed by atoms with van der Waals surface area (Å²) in [4.78, 5) is 13.9. The second-order valence-electron chi connectivity index (χ2n) is 5.03. The molecule has 2 rings (SSSR count). The molecule has 1 amide bonds. The maximum absolute atomic E-state index is 12.2. The number of para-hydroxylation sites is 1. The van der Waals surface area contributed by atoms with Crippen molar-refractivity contribution in [3.8, 4) is 0 Å². The maximum Gasteiger partial charge on any atom is 0.232 e. The molecule has 1 saturated heterocycles. The fraction of sp³-hybridized carbons (Fsp3) is 0.500. The monoisotopic (exact) mass is 346 g/mol. The van der Waals surface area contributed by atoms with Crippen molar-refractivity contribution in [1.82, 2.24) is 4.90 Å². The smallest absolute Gasteiger partial charge is 0.232 e. The molecule has 6 nitrogen and oxygen atoms in total. The highest BCUT2D eigenvalue weighted by atomic mass is 35.5. The molecule has 1 heterocycles. The minimum absolute atomic E-state index is 0.0682. The lowest BCUT2D eigenvalue weighted by atomic mass is 10.3. The average molecular weight is 347 g/mol. The lowest BCUT2D eigenvalue weighted by Crippen LogP contribution is -2.42. The number of hydrogen-bond acceptors (Lipinski definition) is 4. The van der Waals surface area contributed by atoms with Crippen molar-refractivity contribution in [2.24, 2.45) is 0 Å². The summed E-state index contributed by atoms with van der Waals surface area (Å²) in [6.07, 6.45) is 1.22. The van der Waals surface area contributed by atoms with Gasteiger partial charge in [0.05, 0.1) is 30.2 Å². The highest BCUT2D eigenvalue weighted by Gasteiger charge is 2.23. The zero-order chi connectivity index (χ0) is 16.2. The third kappa shape index (κ3) is 4.34. The van der Waals surface area contributed by atoms with E-state index in [0.29, 0.717) is 37.0 Å². The first kappa shape index (κ1) is 17.1. The first-order chi connectivity index (χ1) is 10.4. The number of carbonyl (C=O) groups is 1. The van der Waals surface area contributed by atoms with Gasteiger partial charge in [0.1, 0.15) is 0 Å². The van der Waals surface area contributed by atoms with Crippen LogP contribution in [0.1, 0.15) is 6.42 Å². The number of hydrogen-bond donors (Lipinski definition) is 0. The molecule has 0 saturated carbocycles. The first-order valence-electron chi connectivity index (χ1n) is 6.97. The van der Waals surface area contributed by atoms with E-state index in [-0.39, 0.29) is 18.9 Å². The summed E-state index contributed by atoms with van der Waals surface area (Å²) in [5, 5.41) is 0.340. The Bertz CT molecular complexity index is 629. The largest absolute Gasteiger partial charge is 0.378 e.